The zero-order valence-corrected chi connectivity index (χ0v) is 52.5. The van der Waals surface area contributed by atoms with Gasteiger partial charge in [-0.25, -0.2) is 0 Å². The minimum Gasteiger partial charge on any atom is -0.455 e. The van der Waals surface area contributed by atoms with Crippen LogP contribution in [0.1, 0.15) is 132 Å². The maximum Gasteiger partial charge on any atom is 0.252 e. The summed E-state index contributed by atoms with van der Waals surface area (Å²) in [4.78, 5) is 7.69. The van der Waals surface area contributed by atoms with Crippen LogP contribution in [0.25, 0.3) is 44.2 Å². The van der Waals surface area contributed by atoms with Gasteiger partial charge in [0.1, 0.15) is 11.2 Å². The lowest BCUT2D eigenvalue weighted by Crippen LogP contribution is -2.61. The van der Waals surface area contributed by atoms with E-state index in [0.717, 1.165) is 67.2 Å². The molecule has 11 aromatic rings. The molecule has 0 aliphatic carbocycles. The van der Waals surface area contributed by atoms with Crippen LogP contribution in [0.15, 0.2) is 217 Å². The highest BCUT2D eigenvalue weighted by atomic mass is 16.3. The average Bonchev–Trinajstić information content (AvgIpc) is 1.20. The molecule has 0 fully saturated rings. The molecule has 13 rings (SSSR count). The standard InChI is InChI=1S/C80H80BN3O/c1-76(2,3)53-30-38-58(39-31-53)82(68-45-35-55(78(7,8)9)46-65(68)51-22-17-16-18-23-51)61-42-44-67-70(50-61)84(59-36-28-52(29-37-59)62-25-21-26-64-63-24-19-20-27-73(63)85-75(62)64)72-49-57(80(13,14)15)48-71-74(72)81(67)66-43-34-56(79(10,11)12)47-69(66)83(71)60-40-32-54(33-41-60)77(4,5)6/h16-50H,1-15H3. The Balaban J connectivity index is 1.10. The molecule has 2 aliphatic heterocycles. The molecule has 0 N–H and O–H groups in total. The summed E-state index contributed by atoms with van der Waals surface area (Å²) in [5.74, 6) is 0. The fourth-order valence-corrected chi connectivity index (χ4v) is 13.0. The first kappa shape index (κ1) is 55.6. The number of para-hydroxylation sites is 2. The van der Waals surface area contributed by atoms with Crippen LogP contribution in [0, 0.1) is 0 Å². The van der Waals surface area contributed by atoms with Crippen molar-refractivity contribution in [1.29, 1.82) is 0 Å². The Labute approximate surface area is 505 Å². The number of hydrogen-bond donors (Lipinski definition) is 0. The Kier molecular flexibility index (Phi) is 13.1. The molecule has 424 valence electrons. The third kappa shape index (κ3) is 9.84. The van der Waals surface area contributed by atoms with Gasteiger partial charge in [-0.2, -0.15) is 0 Å². The number of fused-ring (bicyclic) bond motifs is 7. The predicted octanol–water partition coefficient (Wildman–Crippen LogP) is 21.0. The van der Waals surface area contributed by atoms with E-state index in [9.17, 15) is 0 Å². The number of hydrogen-bond acceptors (Lipinski definition) is 4. The molecule has 2 aliphatic rings. The molecule has 0 unspecified atom stereocenters. The first-order valence-electron chi connectivity index (χ1n) is 30.6. The second-order valence-corrected chi connectivity index (χ2v) is 29.2. The van der Waals surface area contributed by atoms with Gasteiger partial charge < -0.3 is 19.1 Å². The Hall–Kier alpha value is -8.54. The van der Waals surface area contributed by atoms with Crippen LogP contribution in [0.4, 0.5) is 51.2 Å². The van der Waals surface area contributed by atoms with Gasteiger partial charge in [0.05, 0.1) is 5.69 Å². The molecule has 0 amide bonds. The van der Waals surface area contributed by atoms with Gasteiger partial charge in [0.25, 0.3) is 6.71 Å². The molecule has 0 radical (unpaired) electrons. The Morgan fingerprint density at radius 3 is 1.40 bits per heavy atom. The van der Waals surface area contributed by atoms with Crippen molar-refractivity contribution in [3.63, 3.8) is 0 Å². The van der Waals surface area contributed by atoms with Gasteiger partial charge in [-0.05, 0) is 167 Å². The lowest BCUT2D eigenvalue weighted by atomic mass is 9.33. The van der Waals surface area contributed by atoms with Gasteiger partial charge in [-0.3, -0.25) is 0 Å². The van der Waals surface area contributed by atoms with Crippen molar-refractivity contribution in [2.24, 2.45) is 0 Å². The molecular formula is C80H80BN3O. The molecule has 0 saturated heterocycles. The minimum absolute atomic E-state index is 0.00971. The molecule has 0 atom stereocenters. The Morgan fingerprint density at radius 2 is 0.800 bits per heavy atom. The lowest BCUT2D eigenvalue weighted by Gasteiger charge is -2.45. The summed E-state index contributed by atoms with van der Waals surface area (Å²) in [6, 6.07) is 80.7. The van der Waals surface area contributed by atoms with E-state index in [1.807, 2.05) is 0 Å². The number of rotatable bonds is 7. The van der Waals surface area contributed by atoms with E-state index in [2.05, 4.69) is 331 Å². The topological polar surface area (TPSA) is 22.9 Å². The third-order valence-electron chi connectivity index (χ3n) is 18.1. The molecule has 0 bridgehead atoms. The minimum atomic E-state index is -0.192. The van der Waals surface area contributed by atoms with Crippen molar-refractivity contribution in [1.82, 2.24) is 0 Å². The molecule has 0 saturated carbocycles. The van der Waals surface area contributed by atoms with Gasteiger partial charge in [0.2, 0.25) is 0 Å². The summed E-state index contributed by atoms with van der Waals surface area (Å²) in [5.41, 5.74) is 26.7. The number of nitrogens with zero attached hydrogens (tertiary/aromatic N) is 3. The second-order valence-electron chi connectivity index (χ2n) is 29.2. The van der Waals surface area contributed by atoms with Gasteiger partial charge in [0, 0.05) is 67.4 Å². The maximum atomic E-state index is 6.66. The van der Waals surface area contributed by atoms with E-state index in [4.69, 9.17) is 4.42 Å². The maximum absolute atomic E-state index is 6.66. The number of benzene rings is 10. The first-order valence-corrected chi connectivity index (χ1v) is 30.6. The van der Waals surface area contributed by atoms with Gasteiger partial charge in [0.15, 0.2) is 0 Å². The summed E-state index contributed by atoms with van der Waals surface area (Å²) in [5, 5.41) is 2.25. The smallest absolute Gasteiger partial charge is 0.252 e. The van der Waals surface area contributed by atoms with E-state index >= 15 is 0 Å². The second kappa shape index (κ2) is 20.1. The van der Waals surface area contributed by atoms with Crippen molar-refractivity contribution in [2.75, 3.05) is 14.7 Å². The molecule has 10 aromatic carbocycles. The fourth-order valence-electron chi connectivity index (χ4n) is 13.0. The van der Waals surface area contributed by atoms with E-state index in [-0.39, 0.29) is 33.8 Å². The summed E-state index contributed by atoms with van der Waals surface area (Å²) in [7, 11) is 0. The van der Waals surface area contributed by atoms with Crippen LogP contribution < -0.4 is 31.1 Å². The van der Waals surface area contributed by atoms with E-state index in [0.29, 0.717) is 0 Å². The van der Waals surface area contributed by atoms with Crippen LogP contribution in [0.3, 0.4) is 0 Å². The highest BCUT2D eigenvalue weighted by Gasteiger charge is 2.45. The van der Waals surface area contributed by atoms with Crippen LogP contribution in [-0.2, 0) is 27.1 Å². The van der Waals surface area contributed by atoms with Crippen LogP contribution >= 0.6 is 0 Å². The third-order valence-corrected chi connectivity index (χ3v) is 18.1. The number of furan rings is 1. The molecule has 5 heteroatoms. The summed E-state index contributed by atoms with van der Waals surface area (Å²) in [6.07, 6.45) is 0. The largest absolute Gasteiger partial charge is 0.455 e. The monoisotopic (exact) mass is 1110 g/mol. The van der Waals surface area contributed by atoms with Crippen molar-refractivity contribution in [3.05, 3.63) is 240 Å². The van der Waals surface area contributed by atoms with E-state index in [1.54, 1.807) is 0 Å². The highest BCUT2D eigenvalue weighted by Crippen LogP contribution is 2.50. The van der Waals surface area contributed by atoms with Crippen LogP contribution in [0.2, 0.25) is 0 Å². The summed E-state index contributed by atoms with van der Waals surface area (Å²) in [6.45, 7) is 34.8. The number of anilines is 9. The summed E-state index contributed by atoms with van der Waals surface area (Å²) >= 11 is 0. The van der Waals surface area contributed by atoms with Gasteiger partial charge in [-0.15, -0.1) is 0 Å². The van der Waals surface area contributed by atoms with Gasteiger partial charge in [-0.1, -0.05) is 231 Å². The van der Waals surface area contributed by atoms with Crippen LogP contribution in [-0.4, -0.2) is 6.71 Å². The quantitative estimate of drug-likeness (QED) is 0.148. The van der Waals surface area contributed by atoms with Crippen molar-refractivity contribution < 1.29 is 4.42 Å². The molecule has 4 nitrogen and oxygen atoms in total. The summed E-state index contributed by atoms with van der Waals surface area (Å²) < 4.78 is 6.66. The highest BCUT2D eigenvalue weighted by molar-refractivity contribution is 7.00. The van der Waals surface area contributed by atoms with E-state index < -0.39 is 0 Å². The predicted molar refractivity (Wildman–Crippen MR) is 367 cm³/mol. The lowest BCUT2D eigenvalue weighted by molar-refractivity contribution is 0.589. The van der Waals surface area contributed by atoms with Crippen molar-refractivity contribution >= 4 is 96.2 Å². The molecule has 1 aromatic heterocycles. The SMILES string of the molecule is CC(C)(C)c1ccc(N(c2ccc3c(c2)N(c2ccc(-c4cccc5c4oc4ccccc45)cc2)c2cc(C(C)(C)C)cc4c2B3c2ccc(C(C)(C)C)cc2N4c2ccc(C(C)(C)C)cc2)c2ccc(C(C)(C)C)cc2-c2ccccc2)cc1. The molecular weight excluding hydrogens is 1030 g/mol. The van der Waals surface area contributed by atoms with Crippen LogP contribution in [0.5, 0.6) is 0 Å². The Bertz CT molecular complexity index is 4360. The van der Waals surface area contributed by atoms with Gasteiger partial charge >= 0.3 is 0 Å². The molecule has 3 heterocycles. The zero-order valence-electron chi connectivity index (χ0n) is 52.5. The molecule has 85 heavy (non-hydrogen) atoms. The average molecular weight is 1110 g/mol. The van der Waals surface area contributed by atoms with E-state index in [1.165, 1.54) is 72.4 Å². The van der Waals surface area contributed by atoms with Crippen molar-refractivity contribution in [3.8, 4) is 22.3 Å². The normalized spacial score (nSPS) is 13.5. The molecule has 0 spiro atoms. The zero-order chi connectivity index (χ0) is 59.7. The Morgan fingerprint density at radius 1 is 0.341 bits per heavy atom. The fraction of sp³-hybridized carbons (Fsp3) is 0.250. The first-order chi connectivity index (χ1) is 40.3. The van der Waals surface area contributed by atoms with Crippen molar-refractivity contribution in [2.45, 2.75) is 131 Å².